The Hall–Kier alpha value is -2.83. The number of para-hydroxylation sites is 1. The molecule has 7 nitrogen and oxygen atoms in total. The summed E-state index contributed by atoms with van der Waals surface area (Å²) in [6, 6.07) is 7.62. The molecule has 1 saturated heterocycles. The van der Waals surface area contributed by atoms with E-state index in [9.17, 15) is 9.59 Å². The molecule has 7 heteroatoms. The molecule has 1 aliphatic heterocycles. The van der Waals surface area contributed by atoms with Gasteiger partial charge in [0.25, 0.3) is 0 Å². The first-order valence-corrected chi connectivity index (χ1v) is 8.72. The average Bonchev–Trinajstić information content (AvgIpc) is 3.21. The number of aryl methyl sites for hydroxylation is 1. The number of carbonyl (C=O) groups is 2. The predicted octanol–water partition coefficient (Wildman–Crippen LogP) is 1.14. The summed E-state index contributed by atoms with van der Waals surface area (Å²) in [4.78, 5) is 30.6. The van der Waals surface area contributed by atoms with E-state index in [0.29, 0.717) is 26.1 Å². The topological polar surface area (TPSA) is 76.5 Å². The molecule has 0 unspecified atom stereocenters. The zero-order valence-corrected chi connectivity index (χ0v) is 15.1. The fraction of sp³-hybridized carbons (Fsp3) is 0.421. The van der Waals surface area contributed by atoms with Gasteiger partial charge in [0.1, 0.15) is 11.6 Å². The molecule has 0 radical (unpaired) electrons. The van der Waals surface area contributed by atoms with Gasteiger partial charge in [-0.15, -0.1) is 0 Å². The number of hydrogen-bond acceptors (Lipinski definition) is 4. The van der Waals surface area contributed by atoms with E-state index in [2.05, 4.69) is 10.3 Å². The van der Waals surface area contributed by atoms with Crippen molar-refractivity contribution in [2.75, 3.05) is 20.2 Å². The van der Waals surface area contributed by atoms with Gasteiger partial charge in [0, 0.05) is 57.5 Å². The smallest absolute Gasteiger partial charge is 0.225 e. The van der Waals surface area contributed by atoms with Crippen LogP contribution in [0.5, 0.6) is 5.75 Å². The Kier molecular flexibility index (Phi) is 5.55. The van der Waals surface area contributed by atoms with Crippen LogP contribution in [-0.4, -0.2) is 46.5 Å². The fourth-order valence-corrected chi connectivity index (χ4v) is 3.22. The minimum atomic E-state index is -0.307. The third-order valence-corrected chi connectivity index (χ3v) is 4.71. The van der Waals surface area contributed by atoms with Crippen molar-refractivity contribution in [3.05, 3.63) is 48.0 Å². The van der Waals surface area contributed by atoms with E-state index in [0.717, 1.165) is 17.1 Å². The molecule has 1 atom stereocenters. The van der Waals surface area contributed by atoms with Gasteiger partial charge in [-0.05, 0) is 6.07 Å². The van der Waals surface area contributed by atoms with Crippen molar-refractivity contribution in [1.29, 1.82) is 0 Å². The maximum atomic E-state index is 12.4. The molecule has 2 amide bonds. The van der Waals surface area contributed by atoms with Gasteiger partial charge in [0.15, 0.2) is 0 Å². The lowest BCUT2D eigenvalue weighted by Crippen LogP contribution is -2.34. The number of aromatic nitrogens is 2. The maximum Gasteiger partial charge on any atom is 0.225 e. The molecule has 138 valence electrons. The van der Waals surface area contributed by atoms with E-state index in [1.807, 2.05) is 42.1 Å². The molecular formula is C19H24N4O3. The van der Waals surface area contributed by atoms with Gasteiger partial charge in [0.2, 0.25) is 11.8 Å². The summed E-state index contributed by atoms with van der Waals surface area (Å²) in [5.74, 6) is 1.29. The molecule has 1 fully saturated rings. The maximum absolute atomic E-state index is 12.4. The number of benzene rings is 1. The minimum absolute atomic E-state index is 0.000146. The predicted molar refractivity (Wildman–Crippen MR) is 96.4 cm³/mol. The molecule has 0 spiro atoms. The van der Waals surface area contributed by atoms with Gasteiger partial charge in [0.05, 0.1) is 13.0 Å². The van der Waals surface area contributed by atoms with Crippen LogP contribution in [0.1, 0.15) is 17.8 Å². The van der Waals surface area contributed by atoms with Crippen molar-refractivity contribution in [2.45, 2.75) is 19.4 Å². The Labute approximate surface area is 153 Å². The highest BCUT2D eigenvalue weighted by molar-refractivity contribution is 5.89. The number of nitrogens with one attached hydrogen (secondary N) is 1. The summed E-state index contributed by atoms with van der Waals surface area (Å²) in [5.41, 5.74) is 0.944. The first-order valence-electron chi connectivity index (χ1n) is 8.72. The van der Waals surface area contributed by atoms with Crippen LogP contribution in [0.3, 0.4) is 0 Å². The lowest BCUT2D eigenvalue weighted by atomic mass is 10.1. The quantitative estimate of drug-likeness (QED) is 0.807. The highest BCUT2D eigenvalue weighted by Crippen LogP contribution is 2.24. The van der Waals surface area contributed by atoms with Crippen LogP contribution in [0, 0.1) is 5.92 Å². The van der Waals surface area contributed by atoms with Crippen LogP contribution in [0.15, 0.2) is 36.7 Å². The molecule has 1 aromatic heterocycles. The number of hydrogen-bond donors (Lipinski definition) is 1. The number of rotatable bonds is 7. The zero-order chi connectivity index (χ0) is 18.5. The Morgan fingerprint density at radius 3 is 2.92 bits per heavy atom. The van der Waals surface area contributed by atoms with Crippen molar-refractivity contribution in [3.63, 3.8) is 0 Å². The number of amides is 2. The van der Waals surface area contributed by atoms with Crippen LogP contribution in [0.2, 0.25) is 0 Å². The second-order valence-corrected chi connectivity index (χ2v) is 6.48. The Balaban J connectivity index is 1.52. The molecule has 2 aromatic rings. The van der Waals surface area contributed by atoms with E-state index < -0.39 is 0 Å². The van der Waals surface area contributed by atoms with E-state index in [4.69, 9.17) is 4.74 Å². The van der Waals surface area contributed by atoms with Gasteiger partial charge < -0.3 is 19.5 Å². The minimum Gasteiger partial charge on any atom is -0.496 e. The molecule has 1 N–H and O–H groups in total. The monoisotopic (exact) mass is 356 g/mol. The third kappa shape index (κ3) is 4.04. The number of likely N-dealkylation sites (tertiary alicyclic amines) is 1. The fourth-order valence-electron chi connectivity index (χ4n) is 3.22. The van der Waals surface area contributed by atoms with Gasteiger partial charge in [-0.2, -0.15) is 0 Å². The Morgan fingerprint density at radius 1 is 1.38 bits per heavy atom. The van der Waals surface area contributed by atoms with Gasteiger partial charge in [-0.25, -0.2) is 4.98 Å². The normalized spacial score (nSPS) is 16.8. The summed E-state index contributed by atoms with van der Waals surface area (Å²) in [5, 5.41) is 2.92. The van der Waals surface area contributed by atoms with Gasteiger partial charge >= 0.3 is 0 Å². The second kappa shape index (κ2) is 8.03. The molecule has 1 aromatic carbocycles. The van der Waals surface area contributed by atoms with Gasteiger partial charge in [-0.1, -0.05) is 18.2 Å². The highest BCUT2D eigenvalue weighted by atomic mass is 16.5. The lowest BCUT2D eigenvalue weighted by Gasteiger charge is -2.18. The molecule has 1 aliphatic rings. The van der Waals surface area contributed by atoms with Crippen LogP contribution in [-0.2, 0) is 29.6 Å². The van der Waals surface area contributed by atoms with Crippen molar-refractivity contribution in [3.8, 4) is 5.75 Å². The molecule has 0 bridgehead atoms. The number of methoxy groups -OCH3 is 1. The van der Waals surface area contributed by atoms with Crippen molar-refractivity contribution >= 4 is 11.8 Å². The van der Waals surface area contributed by atoms with E-state index >= 15 is 0 Å². The summed E-state index contributed by atoms with van der Waals surface area (Å²) in [7, 11) is 3.54. The van der Waals surface area contributed by atoms with Crippen molar-refractivity contribution < 1.29 is 14.3 Å². The first kappa shape index (κ1) is 18.0. The number of nitrogens with zero attached hydrogens (tertiary/aromatic N) is 3. The zero-order valence-electron chi connectivity index (χ0n) is 15.1. The molecule has 3 rings (SSSR count). The number of ether oxygens (including phenoxy) is 1. The summed E-state index contributed by atoms with van der Waals surface area (Å²) in [6.45, 7) is 1.41. The van der Waals surface area contributed by atoms with E-state index in [-0.39, 0.29) is 24.2 Å². The third-order valence-electron chi connectivity index (χ3n) is 4.71. The largest absolute Gasteiger partial charge is 0.496 e. The molecule has 0 aliphatic carbocycles. The molecule has 26 heavy (non-hydrogen) atoms. The average molecular weight is 356 g/mol. The Bertz CT molecular complexity index is 787. The lowest BCUT2D eigenvalue weighted by molar-refractivity contribution is -0.129. The van der Waals surface area contributed by atoms with Crippen LogP contribution < -0.4 is 10.1 Å². The summed E-state index contributed by atoms with van der Waals surface area (Å²) >= 11 is 0. The molecule has 0 saturated carbocycles. The summed E-state index contributed by atoms with van der Waals surface area (Å²) < 4.78 is 7.27. The SMILES string of the molecule is COc1ccccc1CN1C[C@@H](C(=O)NCCc2nccn2C)CC1=O. The molecule has 2 heterocycles. The second-order valence-electron chi connectivity index (χ2n) is 6.48. The molecular weight excluding hydrogens is 332 g/mol. The first-order chi connectivity index (χ1) is 12.6. The van der Waals surface area contributed by atoms with Crippen LogP contribution in [0.25, 0.3) is 0 Å². The number of carbonyl (C=O) groups excluding carboxylic acids is 2. The van der Waals surface area contributed by atoms with Crippen molar-refractivity contribution in [1.82, 2.24) is 19.8 Å². The van der Waals surface area contributed by atoms with Gasteiger partial charge in [-0.3, -0.25) is 9.59 Å². The highest BCUT2D eigenvalue weighted by Gasteiger charge is 2.34. The van der Waals surface area contributed by atoms with E-state index in [1.54, 1.807) is 18.2 Å². The van der Waals surface area contributed by atoms with Crippen LogP contribution >= 0.6 is 0 Å². The summed E-state index contributed by atoms with van der Waals surface area (Å²) in [6.07, 6.45) is 4.54. The Morgan fingerprint density at radius 2 is 2.19 bits per heavy atom. The van der Waals surface area contributed by atoms with E-state index in [1.165, 1.54) is 0 Å². The van der Waals surface area contributed by atoms with Crippen molar-refractivity contribution in [2.24, 2.45) is 13.0 Å². The standard InChI is InChI=1S/C19H24N4O3/c1-22-10-9-20-17(22)7-8-21-19(25)15-11-18(24)23(13-15)12-14-5-3-4-6-16(14)26-2/h3-6,9-10,15H,7-8,11-13H2,1-2H3,(H,21,25)/t15-/m0/s1. The number of imidazole rings is 1. The van der Waals surface area contributed by atoms with Crippen LogP contribution in [0.4, 0.5) is 0 Å².